The number of amides is 1. The summed E-state index contributed by atoms with van der Waals surface area (Å²) in [5.74, 6) is 0.423. The Morgan fingerprint density at radius 1 is 1.32 bits per heavy atom. The third-order valence-corrected chi connectivity index (χ3v) is 3.25. The molecule has 1 amide bonds. The molecule has 0 saturated carbocycles. The second kappa shape index (κ2) is 7.61. The van der Waals surface area contributed by atoms with Crippen molar-refractivity contribution in [1.29, 1.82) is 0 Å². The molecule has 0 bridgehead atoms. The van der Waals surface area contributed by atoms with Crippen LogP contribution >= 0.6 is 15.9 Å². The number of rotatable bonds is 5. The van der Waals surface area contributed by atoms with Gasteiger partial charge in [0, 0.05) is 4.47 Å². The lowest BCUT2D eigenvalue weighted by atomic mass is 10.2. The fourth-order valence-corrected chi connectivity index (χ4v) is 2.00. The molecule has 114 valence electrons. The van der Waals surface area contributed by atoms with E-state index in [1.165, 1.54) is 6.21 Å². The Hall–Kier alpha value is -2.34. The first kappa shape index (κ1) is 16.0. The molecule has 0 aliphatic heterocycles. The summed E-state index contributed by atoms with van der Waals surface area (Å²) < 4.78 is 6.40. The van der Waals surface area contributed by atoms with Crippen molar-refractivity contribution >= 4 is 28.1 Å². The summed E-state index contributed by atoms with van der Waals surface area (Å²) in [6.45, 7) is 1.65. The molecule has 6 heteroatoms. The van der Waals surface area contributed by atoms with Gasteiger partial charge in [-0.1, -0.05) is 22.0 Å². The Bertz CT molecular complexity index is 671. The Morgan fingerprint density at radius 2 is 2.05 bits per heavy atom. The largest absolute Gasteiger partial charge is 0.508 e. The molecule has 22 heavy (non-hydrogen) atoms. The van der Waals surface area contributed by atoms with Gasteiger partial charge in [-0.25, -0.2) is 5.43 Å². The zero-order chi connectivity index (χ0) is 15.9. The highest BCUT2D eigenvalue weighted by Gasteiger charge is 2.13. The molecular weight excluding hydrogens is 348 g/mol. The Kier molecular flexibility index (Phi) is 5.55. The monoisotopic (exact) mass is 362 g/mol. The van der Waals surface area contributed by atoms with Crippen LogP contribution in [0.1, 0.15) is 12.5 Å². The van der Waals surface area contributed by atoms with Crippen LogP contribution < -0.4 is 10.2 Å². The summed E-state index contributed by atoms with van der Waals surface area (Å²) in [4.78, 5) is 11.9. The summed E-state index contributed by atoms with van der Waals surface area (Å²) in [5.41, 5.74) is 3.17. The van der Waals surface area contributed by atoms with Gasteiger partial charge in [-0.2, -0.15) is 5.10 Å². The smallest absolute Gasteiger partial charge is 0.280 e. The molecule has 0 heterocycles. The van der Waals surface area contributed by atoms with E-state index in [1.54, 1.807) is 43.3 Å². The molecule has 5 nitrogen and oxygen atoms in total. The molecule has 2 N–H and O–H groups in total. The second-order valence-corrected chi connectivity index (χ2v) is 5.46. The predicted molar refractivity (Wildman–Crippen MR) is 88.1 cm³/mol. The number of nitrogens with one attached hydrogen (secondary N) is 1. The van der Waals surface area contributed by atoms with Gasteiger partial charge in [-0.3, -0.25) is 4.79 Å². The number of benzene rings is 2. The SMILES string of the molecule is C[C@@H](Oc1cccc(Br)c1)C(=O)N/N=C/c1ccc(O)cc1. The van der Waals surface area contributed by atoms with E-state index in [1.807, 2.05) is 12.1 Å². The van der Waals surface area contributed by atoms with Crippen molar-refractivity contribution in [2.75, 3.05) is 0 Å². The van der Waals surface area contributed by atoms with E-state index in [2.05, 4.69) is 26.5 Å². The quantitative estimate of drug-likeness (QED) is 0.634. The first-order chi connectivity index (χ1) is 10.5. The molecule has 0 aromatic heterocycles. The van der Waals surface area contributed by atoms with Crippen molar-refractivity contribution in [3.05, 3.63) is 58.6 Å². The third kappa shape index (κ3) is 4.89. The molecule has 2 aromatic rings. The van der Waals surface area contributed by atoms with Gasteiger partial charge >= 0.3 is 0 Å². The fraction of sp³-hybridized carbons (Fsp3) is 0.125. The Labute approximate surface area is 136 Å². The van der Waals surface area contributed by atoms with E-state index in [-0.39, 0.29) is 11.7 Å². The highest BCUT2D eigenvalue weighted by Crippen LogP contribution is 2.18. The summed E-state index contributed by atoms with van der Waals surface area (Å²) in [5, 5.41) is 13.0. The van der Waals surface area contributed by atoms with E-state index in [9.17, 15) is 4.79 Å². The van der Waals surface area contributed by atoms with Gasteiger partial charge in [-0.15, -0.1) is 0 Å². The summed E-state index contributed by atoms with van der Waals surface area (Å²) in [6.07, 6.45) is 0.814. The van der Waals surface area contributed by atoms with E-state index in [0.29, 0.717) is 5.75 Å². The minimum atomic E-state index is -0.675. The third-order valence-electron chi connectivity index (χ3n) is 2.76. The molecule has 0 fully saturated rings. The number of halogens is 1. The molecule has 0 spiro atoms. The lowest BCUT2D eigenvalue weighted by Gasteiger charge is -2.12. The van der Waals surface area contributed by atoms with E-state index < -0.39 is 6.10 Å². The predicted octanol–water partition coefficient (Wildman–Crippen LogP) is 3.07. The van der Waals surface area contributed by atoms with E-state index in [0.717, 1.165) is 10.0 Å². The number of phenolic OH excluding ortho intramolecular Hbond substituents is 1. The van der Waals surface area contributed by atoms with Crippen LogP contribution in [-0.4, -0.2) is 23.3 Å². The van der Waals surface area contributed by atoms with Crippen LogP contribution in [-0.2, 0) is 4.79 Å². The first-order valence-corrected chi connectivity index (χ1v) is 7.38. The summed E-state index contributed by atoms with van der Waals surface area (Å²) in [7, 11) is 0. The standard InChI is InChI=1S/C16H15BrN2O3/c1-11(22-15-4-2-3-13(17)9-15)16(21)19-18-10-12-5-7-14(20)8-6-12/h2-11,20H,1H3,(H,19,21)/b18-10+/t11-/m1/s1. The second-order valence-electron chi connectivity index (χ2n) is 4.54. The molecule has 0 aliphatic carbocycles. The molecule has 0 radical (unpaired) electrons. The average Bonchev–Trinajstić information content (AvgIpc) is 2.49. The number of phenols is 1. The maximum Gasteiger partial charge on any atom is 0.280 e. The van der Waals surface area contributed by atoms with Crippen LogP contribution in [0.3, 0.4) is 0 Å². The van der Waals surface area contributed by atoms with Gasteiger partial charge in [0.05, 0.1) is 6.21 Å². The first-order valence-electron chi connectivity index (χ1n) is 6.59. The number of aromatic hydroxyl groups is 1. The Morgan fingerprint density at radius 3 is 2.73 bits per heavy atom. The number of carbonyl (C=O) groups excluding carboxylic acids is 1. The van der Waals surface area contributed by atoms with Crippen LogP contribution in [0.25, 0.3) is 0 Å². The minimum Gasteiger partial charge on any atom is -0.508 e. The van der Waals surface area contributed by atoms with Crippen LogP contribution in [0.15, 0.2) is 58.1 Å². The lowest BCUT2D eigenvalue weighted by Crippen LogP contribution is -2.33. The zero-order valence-electron chi connectivity index (χ0n) is 11.9. The van der Waals surface area contributed by atoms with Crippen molar-refractivity contribution in [2.24, 2.45) is 5.10 Å². The molecule has 0 aliphatic rings. The summed E-state index contributed by atoms with van der Waals surface area (Å²) >= 11 is 3.34. The van der Waals surface area contributed by atoms with Crippen molar-refractivity contribution in [2.45, 2.75) is 13.0 Å². The maximum atomic E-state index is 11.9. The number of nitrogens with zero attached hydrogens (tertiary/aromatic N) is 1. The van der Waals surface area contributed by atoms with Gasteiger partial charge in [0.2, 0.25) is 0 Å². The zero-order valence-corrected chi connectivity index (χ0v) is 13.4. The van der Waals surface area contributed by atoms with E-state index in [4.69, 9.17) is 9.84 Å². The van der Waals surface area contributed by atoms with Crippen LogP contribution in [0.5, 0.6) is 11.5 Å². The number of hydrogen-bond donors (Lipinski definition) is 2. The molecule has 1 atom stereocenters. The van der Waals surface area contributed by atoms with E-state index >= 15 is 0 Å². The fourth-order valence-electron chi connectivity index (χ4n) is 1.62. The topological polar surface area (TPSA) is 70.9 Å². The van der Waals surface area contributed by atoms with Crippen molar-refractivity contribution in [3.8, 4) is 11.5 Å². The molecule has 2 rings (SSSR count). The highest BCUT2D eigenvalue weighted by molar-refractivity contribution is 9.10. The number of hydrazone groups is 1. The number of carbonyl (C=O) groups is 1. The van der Waals surface area contributed by atoms with Gasteiger partial charge in [0.25, 0.3) is 5.91 Å². The summed E-state index contributed by atoms with van der Waals surface area (Å²) in [6, 6.07) is 13.7. The van der Waals surface area contributed by atoms with Gasteiger partial charge in [0.15, 0.2) is 6.10 Å². The molecule has 2 aromatic carbocycles. The van der Waals surface area contributed by atoms with Crippen molar-refractivity contribution in [3.63, 3.8) is 0 Å². The molecular formula is C16H15BrN2O3. The number of ether oxygens (including phenoxy) is 1. The molecule has 0 saturated heterocycles. The molecule has 0 unspecified atom stereocenters. The average molecular weight is 363 g/mol. The van der Waals surface area contributed by atoms with Crippen LogP contribution in [0, 0.1) is 0 Å². The van der Waals surface area contributed by atoms with Crippen molar-refractivity contribution in [1.82, 2.24) is 5.43 Å². The van der Waals surface area contributed by atoms with Crippen LogP contribution in [0.2, 0.25) is 0 Å². The van der Waals surface area contributed by atoms with Gasteiger partial charge < -0.3 is 9.84 Å². The maximum absolute atomic E-state index is 11.9. The Balaban J connectivity index is 1.87. The normalized spacial score (nSPS) is 12.1. The van der Waals surface area contributed by atoms with Crippen LogP contribution in [0.4, 0.5) is 0 Å². The lowest BCUT2D eigenvalue weighted by molar-refractivity contribution is -0.127. The van der Waals surface area contributed by atoms with Gasteiger partial charge in [-0.05, 0) is 55.0 Å². The van der Waals surface area contributed by atoms with Gasteiger partial charge in [0.1, 0.15) is 11.5 Å². The highest BCUT2D eigenvalue weighted by atomic mass is 79.9. The number of hydrogen-bond acceptors (Lipinski definition) is 4. The minimum absolute atomic E-state index is 0.178. The van der Waals surface area contributed by atoms with Crippen molar-refractivity contribution < 1.29 is 14.6 Å².